The molecule has 0 spiro atoms. The van der Waals surface area contributed by atoms with E-state index in [9.17, 15) is 0 Å². The summed E-state index contributed by atoms with van der Waals surface area (Å²) in [4.78, 5) is 7.14. The van der Waals surface area contributed by atoms with Crippen LogP contribution in [-0.2, 0) is 14.4 Å². The first-order chi connectivity index (χ1) is 3.31. The summed E-state index contributed by atoms with van der Waals surface area (Å²) in [5.41, 5.74) is 0. The molecule has 7 heteroatoms. The van der Waals surface area contributed by atoms with Crippen LogP contribution in [0.1, 0.15) is 0 Å². The first-order valence-corrected chi connectivity index (χ1v) is 6.68. The van der Waals surface area contributed by atoms with Gasteiger partial charge in [-0.05, 0) is 5.39 Å². The fraction of sp³-hybridized carbons (Fsp3) is 0. The summed E-state index contributed by atoms with van der Waals surface area (Å²) in [6, 6.07) is 0. The van der Waals surface area contributed by atoms with Crippen LogP contribution in [-0.4, -0.2) is 18.7 Å². The standard InChI is InChI=1S/HNO3.H4OSi2/c2-1-3-4-1;1-3-2/h1H;3H,2H3. The molecule has 1 heterocycles. The second-order valence-electron chi connectivity index (χ2n) is 0.652. The van der Waals surface area contributed by atoms with Gasteiger partial charge in [0.15, 0.2) is 0 Å². The van der Waals surface area contributed by atoms with Crippen molar-refractivity contribution in [2.24, 2.45) is 0 Å². The van der Waals surface area contributed by atoms with Gasteiger partial charge in [0.1, 0.15) is 0 Å². The summed E-state index contributed by atoms with van der Waals surface area (Å²) < 4.78 is 9.08. The molecular formula is H5NO4Si2. The third-order valence-electron chi connectivity index (χ3n) is 0.151. The first-order valence-electron chi connectivity index (χ1n) is 1.59. The van der Waals surface area contributed by atoms with Crippen LogP contribution in [0.4, 0.5) is 0 Å². The van der Waals surface area contributed by atoms with Crippen molar-refractivity contribution in [3.63, 3.8) is 0 Å². The van der Waals surface area contributed by atoms with Crippen molar-refractivity contribution in [1.82, 2.24) is 0 Å². The minimum absolute atomic E-state index is 0.361. The fourth-order valence-corrected chi connectivity index (χ4v) is 0.0170. The molecule has 7 heavy (non-hydrogen) atoms. The Hall–Kier alpha value is 0.0738. The molecule has 0 saturated carbocycles. The number of hydrogen-bond donors (Lipinski definition) is 1. The monoisotopic (exact) mass is 139 g/mol. The van der Waals surface area contributed by atoms with Gasteiger partial charge in [0.05, 0.1) is 19.7 Å². The van der Waals surface area contributed by atoms with Crippen LogP contribution in [0.2, 0.25) is 0 Å². The molecule has 1 saturated heterocycles. The predicted molar refractivity (Wildman–Crippen MR) is 24.3 cm³/mol. The Morgan fingerprint density at radius 2 is 1.86 bits per heavy atom. The second kappa shape index (κ2) is 4.24. The van der Waals surface area contributed by atoms with E-state index in [1.54, 1.807) is 0 Å². The maximum Gasteiger partial charge on any atom is 0.229 e. The highest BCUT2D eigenvalue weighted by atomic mass is 29.1. The Bertz CT molecular complexity index is 51.7. The molecule has 42 valence electrons. The van der Waals surface area contributed by atoms with E-state index in [2.05, 4.69) is 9.98 Å². The molecule has 0 amide bonds. The number of rotatable bonds is 0. The lowest BCUT2D eigenvalue weighted by molar-refractivity contribution is -0.903. The average Bonchev–Trinajstić information content (AvgIpc) is 2.25. The van der Waals surface area contributed by atoms with E-state index in [4.69, 9.17) is 9.67 Å². The van der Waals surface area contributed by atoms with E-state index < -0.39 is 5.39 Å². The van der Waals surface area contributed by atoms with Gasteiger partial charge < -0.3 is 9.67 Å². The second-order valence-corrected chi connectivity index (χ2v) is 2.54. The smallest absolute Gasteiger partial charge is 0.229 e. The van der Waals surface area contributed by atoms with Crippen molar-refractivity contribution in [3.05, 3.63) is 5.21 Å². The zero-order valence-electron chi connectivity index (χ0n) is 3.71. The Labute approximate surface area is 44.7 Å². The van der Waals surface area contributed by atoms with E-state index in [1.165, 1.54) is 0 Å². The predicted octanol–water partition coefficient (Wildman–Crippen LogP) is -3.79. The van der Waals surface area contributed by atoms with Gasteiger partial charge in [-0.3, -0.25) is 0 Å². The molecule has 0 aromatic carbocycles. The van der Waals surface area contributed by atoms with E-state index in [-0.39, 0.29) is 8.92 Å². The highest BCUT2D eigenvalue weighted by molar-refractivity contribution is 6.80. The average molecular weight is 139 g/mol. The summed E-state index contributed by atoms with van der Waals surface area (Å²) in [7, 11) is 0.535. The van der Waals surface area contributed by atoms with Crippen molar-refractivity contribution < 1.29 is 19.8 Å². The molecule has 1 aliphatic rings. The van der Waals surface area contributed by atoms with Crippen LogP contribution in [0.3, 0.4) is 0 Å². The normalized spacial score (nSPS) is 17.3. The van der Waals surface area contributed by atoms with Gasteiger partial charge in [-0.25, -0.2) is 0 Å². The van der Waals surface area contributed by atoms with Crippen LogP contribution in [0.25, 0.3) is 0 Å². The van der Waals surface area contributed by atoms with Crippen molar-refractivity contribution >= 4 is 18.7 Å². The lowest BCUT2D eigenvalue weighted by atomic mass is 13.1. The van der Waals surface area contributed by atoms with E-state index in [0.29, 0.717) is 0 Å². The molecule has 1 rings (SSSR count). The molecule has 0 aromatic rings. The van der Waals surface area contributed by atoms with Gasteiger partial charge in [-0.15, -0.1) is 0 Å². The molecule has 0 atom stereocenters. The Balaban J connectivity index is 0.000000110. The first kappa shape index (κ1) is 7.07. The van der Waals surface area contributed by atoms with Crippen molar-refractivity contribution in [1.29, 1.82) is 0 Å². The maximum absolute atomic E-state index is 9.11. The molecule has 0 unspecified atom stereocenters. The topological polar surface area (TPSA) is 69.6 Å². The van der Waals surface area contributed by atoms with E-state index in [0.717, 1.165) is 9.76 Å². The van der Waals surface area contributed by atoms with E-state index in [1.807, 2.05) is 0 Å². The Morgan fingerprint density at radius 1 is 1.71 bits per heavy atom. The Morgan fingerprint density at radius 3 is 1.86 bits per heavy atom. The van der Waals surface area contributed by atoms with Crippen molar-refractivity contribution in [2.75, 3.05) is 0 Å². The van der Waals surface area contributed by atoms with Gasteiger partial charge in [-0.1, -0.05) is 0 Å². The number of nitrogens with one attached hydrogen (secondary N) is 1. The third-order valence-corrected chi connectivity index (χ3v) is 0.151. The summed E-state index contributed by atoms with van der Waals surface area (Å²) in [6.45, 7) is 0. The van der Waals surface area contributed by atoms with Gasteiger partial charge in [0.25, 0.3) is 0 Å². The minimum atomic E-state index is -0.583. The van der Waals surface area contributed by atoms with Crippen molar-refractivity contribution in [3.8, 4) is 0 Å². The number of quaternary nitrogens is 1. The zero-order chi connectivity index (χ0) is 5.70. The zero-order valence-corrected chi connectivity index (χ0v) is 6.87. The van der Waals surface area contributed by atoms with Crippen molar-refractivity contribution in [2.45, 2.75) is 0 Å². The highest BCUT2D eigenvalue weighted by Crippen LogP contribution is 1.61. The molecule has 0 radical (unpaired) electrons. The third kappa shape index (κ3) is 10.7. The maximum atomic E-state index is 9.11. The molecule has 0 aromatic heterocycles. The van der Waals surface area contributed by atoms with Gasteiger partial charge >= 0.3 is 0 Å². The fourth-order valence-electron chi connectivity index (χ4n) is 0.0170. The minimum Gasteiger partial charge on any atom is -0.561 e. The SMILES string of the molecule is O=[SiH][SiH3].[O-][NH+]1OO1. The summed E-state index contributed by atoms with van der Waals surface area (Å²) in [6.07, 6.45) is 0. The lowest BCUT2D eigenvalue weighted by Crippen LogP contribution is -2.83. The van der Waals surface area contributed by atoms with Crippen LogP contribution in [0.5, 0.6) is 0 Å². The molecule has 1 N–H and O–H groups in total. The summed E-state index contributed by atoms with van der Waals surface area (Å²) in [5.74, 6) is 0. The highest BCUT2D eigenvalue weighted by Gasteiger charge is 2.17. The van der Waals surface area contributed by atoms with Crippen LogP contribution in [0, 0.1) is 5.21 Å². The molecule has 0 aliphatic carbocycles. The Kier molecular flexibility index (Phi) is 4.28. The molecule has 0 bridgehead atoms. The van der Waals surface area contributed by atoms with Crippen LogP contribution >= 0.6 is 0 Å². The molecular weight excluding hydrogens is 134 g/mol. The summed E-state index contributed by atoms with van der Waals surface area (Å²) >= 11 is 0. The van der Waals surface area contributed by atoms with Gasteiger partial charge in [-0.2, -0.15) is 0 Å². The molecule has 1 fully saturated rings. The largest absolute Gasteiger partial charge is 0.561 e. The lowest BCUT2D eigenvalue weighted by Gasteiger charge is -1.65. The molecule has 5 nitrogen and oxygen atoms in total. The summed E-state index contributed by atoms with van der Waals surface area (Å²) in [5, 5.41) is 8.53. The van der Waals surface area contributed by atoms with Crippen LogP contribution < -0.4 is 5.39 Å². The quantitative estimate of drug-likeness (QED) is 0.162. The van der Waals surface area contributed by atoms with Gasteiger partial charge in [0, 0.05) is 0 Å². The van der Waals surface area contributed by atoms with E-state index >= 15 is 0 Å². The van der Waals surface area contributed by atoms with Gasteiger partial charge in [0.2, 0.25) is 8.92 Å². The van der Waals surface area contributed by atoms with Crippen LogP contribution in [0.15, 0.2) is 0 Å². The molecule has 1 aliphatic heterocycles. The number of hydrogen-bond acceptors (Lipinski definition) is 4.